The summed E-state index contributed by atoms with van der Waals surface area (Å²) in [6.45, 7) is 4.39. The van der Waals surface area contributed by atoms with E-state index in [4.69, 9.17) is 18.9 Å². The molecule has 0 aromatic heterocycles. The first kappa shape index (κ1) is 80.6. The van der Waals surface area contributed by atoms with Crippen LogP contribution in [-0.4, -0.2) is 82.3 Å². The van der Waals surface area contributed by atoms with E-state index in [-0.39, 0.29) is 32.7 Å². The van der Waals surface area contributed by atoms with E-state index in [9.17, 15) is 19.5 Å². The summed E-state index contributed by atoms with van der Waals surface area (Å²) < 4.78 is 22.6. The molecule has 0 saturated carbocycles. The molecule has 0 rings (SSSR count). The Morgan fingerprint density at radius 1 is 0.345 bits per heavy atom. The lowest BCUT2D eigenvalue weighted by molar-refractivity contribution is -0.870. The third kappa shape index (κ3) is 67.0. The van der Waals surface area contributed by atoms with E-state index in [0.717, 1.165) is 154 Å². The van der Waals surface area contributed by atoms with Crippen molar-refractivity contribution in [2.24, 2.45) is 0 Å². The molecule has 2 atom stereocenters. The molecule has 0 spiro atoms. The van der Waals surface area contributed by atoms with Crippen LogP contribution < -0.4 is 5.11 Å². The molecule has 482 valence electrons. The van der Waals surface area contributed by atoms with Crippen LogP contribution in [0, 0.1) is 0 Å². The van der Waals surface area contributed by atoms with E-state index in [2.05, 4.69) is 233 Å². The van der Waals surface area contributed by atoms with Crippen LogP contribution in [-0.2, 0) is 33.3 Å². The molecule has 0 N–H and O–H groups in total. The Morgan fingerprint density at radius 2 is 0.621 bits per heavy atom. The number of carbonyl (C=O) groups is 3. The minimum absolute atomic E-state index is 0.121. The molecule has 0 bridgehead atoms. The maximum Gasteiger partial charge on any atom is 0.306 e. The SMILES string of the molecule is CC/C=C\C/C=C\C/C=C\C/C=C\C/C=C\C/C=C\C/C=C\C/C=C\C/C=C\C/C=C\CCCCCCC(=O)OC(COC(=O)CCCC/C=C\C/C=C\C/C=C\C/C=C\C/C=C\C/C=C\C/C=C\C/C=C\CC)COC(OCC[N+](C)(C)C)C(=O)[O-]. The van der Waals surface area contributed by atoms with Gasteiger partial charge in [0.25, 0.3) is 0 Å². The monoisotopic (exact) mass is 1200 g/mol. The number of carboxylic acid groups (broad SMARTS) is 1. The van der Waals surface area contributed by atoms with Gasteiger partial charge in [-0.25, -0.2) is 0 Å². The van der Waals surface area contributed by atoms with Gasteiger partial charge in [0.15, 0.2) is 12.4 Å². The molecule has 0 heterocycles. The van der Waals surface area contributed by atoms with Crippen molar-refractivity contribution in [3.05, 3.63) is 219 Å². The zero-order chi connectivity index (χ0) is 63.3. The Kier molecular flexibility index (Phi) is 60.8. The van der Waals surface area contributed by atoms with Crippen molar-refractivity contribution in [3.8, 4) is 0 Å². The summed E-state index contributed by atoms with van der Waals surface area (Å²) >= 11 is 0. The summed E-state index contributed by atoms with van der Waals surface area (Å²) in [5.74, 6) is -2.41. The van der Waals surface area contributed by atoms with E-state index in [1.165, 1.54) is 0 Å². The van der Waals surface area contributed by atoms with Gasteiger partial charge in [0.1, 0.15) is 13.2 Å². The predicted octanol–water partition coefficient (Wildman–Crippen LogP) is 19.2. The third-order valence-corrected chi connectivity index (χ3v) is 12.7. The van der Waals surface area contributed by atoms with Crippen LogP contribution in [0.5, 0.6) is 0 Å². The first-order chi connectivity index (χ1) is 42.6. The predicted molar refractivity (Wildman–Crippen MR) is 370 cm³/mol. The summed E-state index contributed by atoms with van der Waals surface area (Å²) in [6.07, 6.45) is 101. The molecule has 9 nitrogen and oxygen atoms in total. The molecular formula is C78H117NO8. The van der Waals surface area contributed by atoms with Crippen molar-refractivity contribution >= 4 is 17.9 Å². The van der Waals surface area contributed by atoms with Gasteiger partial charge >= 0.3 is 11.9 Å². The van der Waals surface area contributed by atoms with Gasteiger partial charge in [0, 0.05) is 12.8 Å². The fourth-order valence-electron chi connectivity index (χ4n) is 7.75. The van der Waals surface area contributed by atoms with E-state index in [1.807, 2.05) is 21.1 Å². The number of likely N-dealkylation sites (N-methyl/N-ethyl adjacent to an activating group) is 1. The number of quaternary nitrogens is 1. The number of carbonyl (C=O) groups excluding carboxylic acids is 3. The van der Waals surface area contributed by atoms with Gasteiger partial charge < -0.3 is 33.3 Å². The number of rotatable bonds is 57. The molecule has 0 fully saturated rings. The van der Waals surface area contributed by atoms with Crippen LogP contribution in [0.15, 0.2) is 219 Å². The second kappa shape index (κ2) is 65.6. The lowest BCUT2D eigenvalue weighted by atomic mass is 10.1. The number of carboxylic acids is 1. The first-order valence-corrected chi connectivity index (χ1v) is 32.9. The Balaban J connectivity index is 4.40. The average Bonchev–Trinajstić information content (AvgIpc) is 3.56. The highest BCUT2D eigenvalue weighted by atomic mass is 16.7. The fourth-order valence-corrected chi connectivity index (χ4v) is 7.75. The minimum Gasteiger partial charge on any atom is -0.545 e. The Labute approximate surface area is 530 Å². The van der Waals surface area contributed by atoms with Crippen molar-refractivity contribution in [2.45, 2.75) is 206 Å². The lowest BCUT2D eigenvalue weighted by Crippen LogP contribution is -2.44. The molecule has 0 radical (unpaired) electrons. The number of esters is 2. The number of nitrogens with zero attached hydrogens (tertiary/aromatic N) is 1. The van der Waals surface area contributed by atoms with Gasteiger partial charge in [-0.05, 0) is 154 Å². The van der Waals surface area contributed by atoms with Gasteiger partial charge in [-0.1, -0.05) is 245 Å². The number of unbranched alkanes of at least 4 members (excludes halogenated alkanes) is 6. The van der Waals surface area contributed by atoms with Crippen LogP contribution >= 0.6 is 0 Å². The highest BCUT2D eigenvalue weighted by Gasteiger charge is 2.22. The standard InChI is InChI=1S/C78H117NO8/c1-6-8-10-12-14-16-18-20-22-24-26-28-30-32-34-35-36-37-38-39-40-41-43-45-47-49-51-53-55-57-59-61-63-65-67-69-76(81)87-74(73-86-78(77(82)83)84-71-70-79(3,4)5)72-85-75(80)68-66-64-62-60-58-56-54-52-50-48-46-44-42-33-31-29-27-25-23-21-19-17-15-13-11-9-7-2/h8-11,14-17,20-23,26-29,32-34,36-37,39-40,42-43,45-46,48-49,51-52,54-55,57-58,60,74,78H,6-7,12-13,18-19,24-25,30-31,35,38,41,44,47,50,53,56,59,61-73H2,1-5H3/b10-8-,11-9-,16-14-,17-15-,22-20-,23-21-,28-26-,29-27-,34-32-,37-36-,40-39-,42-33-,45-43-,48-46-,51-49-,54-52-,57-55-,60-58-. The molecule has 9 heteroatoms. The molecule has 0 aliphatic rings. The molecule has 0 amide bonds. The quantitative estimate of drug-likeness (QED) is 0.0195. The molecule has 0 aromatic rings. The van der Waals surface area contributed by atoms with E-state index >= 15 is 0 Å². The van der Waals surface area contributed by atoms with Crippen molar-refractivity contribution in [2.75, 3.05) is 47.5 Å². The van der Waals surface area contributed by atoms with Gasteiger partial charge in [-0.3, -0.25) is 9.59 Å². The van der Waals surface area contributed by atoms with Crippen molar-refractivity contribution in [1.29, 1.82) is 0 Å². The molecule has 87 heavy (non-hydrogen) atoms. The number of hydrogen-bond acceptors (Lipinski definition) is 8. The first-order valence-electron chi connectivity index (χ1n) is 32.9. The van der Waals surface area contributed by atoms with Crippen LogP contribution in [0.3, 0.4) is 0 Å². The third-order valence-electron chi connectivity index (χ3n) is 12.7. The highest BCUT2D eigenvalue weighted by molar-refractivity contribution is 5.70. The molecule has 0 aliphatic carbocycles. The number of allylic oxidation sites excluding steroid dienone is 36. The molecule has 0 aromatic carbocycles. The normalized spacial score (nSPS) is 14.2. The second-order valence-corrected chi connectivity index (χ2v) is 21.9. The van der Waals surface area contributed by atoms with E-state index < -0.39 is 30.3 Å². The summed E-state index contributed by atoms with van der Waals surface area (Å²) in [5, 5.41) is 11.8. The van der Waals surface area contributed by atoms with E-state index in [1.54, 1.807) is 0 Å². The zero-order valence-corrected chi connectivity index (χ0v) is 54.8. The fraction of sp³-hybridized carbons (Fsp3) is 0.500. The van der Waals surface area contributed by atoms with Crippen LogP contribution in [0.1, 0.15) is 194 Å². The van der Waals surface area contributed by atoms with Crippen molar-refractivity contribution < 1.29 is 42.9 Å². The zero-order valence-electron chi connectivity index (χ0n) is 54.8. The Bertz CT molecular complexity index is 2230. The molecule has 0 aliphatic heterocycles. The van der Waals surface area contributed by atoms with Gasteiger partial charge in [-0.15, -0.1) is 0 Å². The molecule has 2 unspecified atom stereocenters. The largest absolute Gasteiger partial charge is 0.545 e. The number of hydrogen-bond donors (Lipinski definition) is 0. The summed E-state index contributed by atoms with van der Waals surface area (Å²) in [5.41, 5.74) is 0. The second-order valence-electron chi connectivity index (χ2n) is 21.9. The smallest absolute Gasteiger partial charge is 0.306 e. The Hall–Kier alpha value is -6.39. The van der Waals surface area contributed by atoms with Crippen LogP contribution in [0.25, 0.3) is 0 Å². The van der Waals surface area contributed by atoms with Gasteiger partial charge in [0.05, 0.1) is 40.3 Å². The minimum atomic E-state index is -1.66. The van der Waals surface area contributed by atoms with Crippen LogP contribution in [0.4, 0.5) is 0 Å². The van der Waals surface area contributed by atoms with Crippen molar-refractivity contribution in [3.63, 3.8) is 0 Å². The maximum absolute atomic E-state index is 12.9. The Morgan fingerprint density at radius 3 is 0.931 bits per heavy atom. The molecule has 0 saturated heterocycles. The van der Waals surface area contributed by atoms with Crippen LogP contribution in [0.2, 0.25) is 0 Å². The summed E-state index contributed by atoms with van der Waals surface area (Å²) in [4.78, 5) is 37.4. The molecular weight excluding hydrogens is 1080 g/mol. The number of ether oxygens (including phenoxy) is 4. The average molecular weight is 1200 g/mol. The van der Waals surface area contributed by atoms with Gasteiger partial charge in [-0.2, -0.15) is 0 Å². The van der Waals surface area contributed by atoms with Gasteiger partial charge in [0.2, 0.25) is 0 Å². The highest BCUT2D eigenvalue weighted by Crippen LogP contribution is 2.11. The van der Waals surface area contributed by atoms with E-state index in [0.29, 0.717) is 23.9 Å². The maximum atomic E-state index is 12.9. The topological polar surface area (TPSA) is 111 Å². The van der Waals surface area contributed by atoms with Crippen molar-refractivity contribution in [1.82, 2.24) is 0 Å². The number of aliphatic carboxylic acids is 1. The lowest BCUT2D eigenvalue weighted by Gasteiger charge is -2.26. The summed E-state index contributed by atoms with van der Waals surface area (Å²) in [7, 11) is 5.88. The summed E-state index contributed by atoms with van der Waals surface area (Å²) in [6, 6.07) is 0.